The maximum Gasteiger partial charge on any atom is 0.157 e. The Bertz CT molecular complexity index is 869. The summed E-state index contributed by atoms with van der Waals surface area (Å²) in [7, 11) is 0. The van der Waals surface area contributed by atoms with Crippen molar-refractivity contribution in [3.8, 4) is 11.3 Å². The molecule has 1 aliphatic rings. The largest absolute Gasteiger partial charge is 0.394 e. The standard InChI is InChI=1S/C20H24N4O/c1-14(2)15-5-7-16(8-6-15)18-12-20(23-11-3-4-17(23)13-25)24-19(22-18)9-10-21-24/h5-10,12,14,17,25H,3-4,11,13H2,1-2H3. The molecule has 3 heterocycles. The number of hydrogen-bond donors (Lipinski definition) is 1. The molecule has 1 aromatic carbocycles. The van der Waals surface area contributed by atoms with Crippen molar-refractivity contribution in [3.05, 3.63) is 48.2 Å². The lowest BCUT2D eigenvalue weighted by Crippen LogP contribution is -2.33. The Balaban J connectivity index is 1.80. The van der Waals surface area contributed by atoms with E-state index in [2.05, 4.69) is 54.2 Å². The monoisotopic (exact) mass is 336 g/mol. The normalized spacial score (nSPS) is 17.8. The van der Waals surface area contributed by atoms with Gasteiger partial charge >= 0.3 is 0 Å². The Morgan fingerprint density at radius 1 is 1.20 bits per heavy atom. The minimum absolute atomic E-state index is 0.158. The quantitative estimate of drug-likeness (QED) is 0.792. The van der Waals surface area contributed by atoms with Gasteiger partial charge < -0.3 is 10.0 Å². The molecule has 1 saturated heterocycles. The molecule has 0 saturated carbocycles. The number of nitrogens with zero attached hydrogens (tertiary/aromatic N) is 4. The van der Waals surface area contributed by atoms with E-state index < -0.39 is 0 Å². The van der Waals surface area contributed by atoms with E-state index in [4.69, 9.17) is 4.98 Å². The maximum atomic E-state index is 9.70. The second-order valence-electron chi connectivity index (χ2n) is 7.05. The van der Waals surface area contributed by atoms with Crippen LogP contribution in [-0.4, -0.2) is 38.9 Å². The molecule has 0 spiro atoms. The number of fused-ring (bicyclic) bond motifs is 1. The van der Waals surface area contributed by atoms with Crippen LogP contribution in [-0.2, 0) is 0 Å². The van der Waals surface area contributed by atoms with Crippen LogP contribution in [0.3, 0.4) is 0 Å². The fourth-order valence-corrected chi connectivity index (χ4v) is 3.62. The number of aromatic nitrogens is 3. The van der Waals surface area contributed by atoms with Gasteiger partial charge in [0.1, 0.15) is 5.82 Å². The lowest BCUT2D eigenvalue weighted by atomic mass is 10.0. The van der Waals surface area contributed by atoms with Crippen molar-refractivity contribution in [1.29, 1.82) is 0 Å². The van der Waals surface area contributed by atoms with Gasteiger partial charge in [-0.05, 0) is 24.3 Å². The van der Waals surface area contributed by atoms with Crippen LogP contribution in [0.25, 0.3) is 16.9 Å². The van der Waals surface area contributed by atoms with Gasteiger partial charge in [-0.3, -0.25) is 0 Å². The minimum Gasteiger partial charge on any atom is -0.394 e. The van der Waals surface area contributed by atoms with Crippen molar-refractivity contribution in [3.63, 3.8) is 0 Å². The number of aliphatic hydroxyl groups is 1. The van der Waals surface area contributed by atoms with E-state index in [0.29, 0.717) is 5.92 Å². The van der Waals surface area contributed by atoms with Gasteiger partial charge in [0.2, 0.25) is 0 Å². The summed E-state index contributed by atoms with van der Waals surface area (Å²) in [5.41, 5.74) is 4.22. The van der Waals surface area contributed by atoms with Gasteiger partial charge in [0.25, 0.3) is 0 Å². The van der Waals surface area contributed by atoms with Gasteiger partial charge in [-0.1, -0.05) is 38.1 Å². The third kappa shape index (κ3) is 2.89. The summed E-state index contributed by atoms with van der Waals surface area (Å²) in [4.78, 5) is 7.03. The molecule has 1 N–H and O–H groups in total. The van der Waals surface area contributed by atoms with Crippen LogP contribution in [0, 0.1) is 0 Å². The van der Waals surface area contributed by atoms with Crippen LogP contribution >= 0.6 is 0 Å². The van der Waals surface area contributed by atoms with Crippen molar-refractivity contribution < 1.29 is 5.11 Å². The van der Waals surface area contributed by atoms with E-state index in [9.17, 15) is 5.11 Å². The van der Waals surface area contributed by atoms with E-state index in [1.807, 2.05) is 10.6 Å². The highest BCUT2D eigenvalue weighted by Crippen LogP contribution is 2.30. The van der Waals surface area contributed by atoms with Gasteiger partial charge in [0.15, 0.2) is 5.65 Å². The smallest absolute Gasteiger partial charge is 0.157 e. The second-order valence-corrected chi connectivity index (χ2v) is 7.05. The fourth-order valence-electron chi connectivity index (χ4n) is 3.62. The Labute approximate surface area is 147 Å². The van der Waals surface area contributed by atoms with Gasteiger partial charge in [-0.15, -0.1) is 0 Å². The zero-order chi connectivity index (χ0) is 17.4. The summed E-state index contributed by atoms with van der Waals surface area (Å²) >= 11 is 0. The average molecular weight is 336 g/mol. The van der Waals surface area contributed by atoms with Crippen LogP contribution in [0.2, 0.25) is 0 Å². The predicted molar refractivity (Wildman–Crippen MR) is 100.0 cm³/mol. The summed E-state index contributed by atoms with van der Waals surface area (Å²) in [5.74, 6) is 1.53. The molecule has 1 atom stereocenters. The van der Waals surface area contributed by atoms with Crippen LogP contribution in [0.15, 0.2) is 42.6 Å². The van der Waals surface area contributed by atoms with E-state index in [1.54, 1.807) is 6.20 Å². The van der Waals surface area contributed by atoms with E-state index in [1.165, 1.54) is 5.56 Å². The molecule has 1 unspecified atom stereocenters. The maximum absolute atomic E-state index is 9.70. The van der Waals surface area contributed by atoms with Crippen molar-refractivity contribution in [1.82, 2.24) is 14.6 Å². The molecular weight excluding hydrogens is 312 g/mol. The highest BCUT2D eigenvalue weighted by atomic mass is 16.3. The average Bonchev–Trinajstić information content (AvgIpc) is 3.29. The first-order valence-electron chi connectivity index (χ1n) is 9.00. The first-order chi connectivity index (χ1) is 12.2. The first kappa shape index (κ1) is 16.1. The molecule has 3 aromatic rings. The van der Waals surface area contributed by atoms with Crippen molar-refractivity contribution in [2.24, 2.45) is 0 Å². The van der Waals surface area contributed by atoms with Gasteiger partial charge in [0.05, 0.1) is 24.5 Å². The van der Waals surface area contributed by atoms with Crippen LogP contribution < -0.4 is 4.90 Å². The topological polar surface area (TPSA) is 53.7 Å². The highest BCUT2D eigenvalue weighted by Gasteiger charge is 2.26. The second kappa shape index (κ2) is 6.48. The number of benzene rings is 1. The highest BCUT2D eigenvalue weighted by molar-refractivity contribution is 5.67. The Morgan fingerprint density at radius 3 is 2.72 bits per heavy atom. The summed E-state index contributed by atoms with van der Waals surface area (Å²) in [6.07, 6.45) is 3.89. The molecule has 1 aliphatic heterocycles. The molecule has 1 fully saturated rings. The number of anilines is 1. The molecule has 25 heavy (non-hydrogen) atoms. The summed E-state index contributed by atoms with van der Waals surface area (Å²) < 4.78 is 1.87. The molecule has 5 nitrogen and oxygen atoms in total. The van der Waals surface area contributed by atoms with Crippen LogP contribution in [0.1, 0.15) is 38.2 Å². The van der Waals surface area contributed by atoms with E-state index in [-0.39, 0.29) is 12.6 Å². The van der Waals surface area contributed by atoms with Gasteiger partial charge in [-0.25, -0.2) is 4.98 Å². The molecule has 0 radical (unpaired) electrons. The molecule has 0 aliphatic carbocycles. The summed E-state index contributed by atoms with van der Waals surface area (Å²) in [6.45, 7) is 5.51. The van der Waals surface area contributed by atoms with Gasteiger partial charge in [0, 0.05) is 24.2 Å². The number of hydrogen-bond acceptors (Lipinski definition) is 4. The fraction of sp³-hybridized carbons (Fsp3) is 0.400. The number of aliphatic hydroxyl groups excluding tert-OH is 1. The van der Waals surface area contributed by atoms with Gasteiger partial charge in [-0.2, -0.15) is 9.61 Å². The third-order valence-electron chi connectivity index (χ3n) is 5.10. The lowest BCUT2D eigenvalue weighted by Gasteiger charge is -2.26. The Hall–Kier alpha value is -2.40. The molecule has 4 rings (SSSR count). The Morgan fingerprint density at radius 2 is 2.00 bits per heavy atom. The molecule has 0 bridgehead atoms. The van der Waals surface area contributed by atoms with Crippen molar-refractivity contribution >= 4 is 11.5 Å². The molecular formula is C20H24N4O. The SMILES string of the molecule is CC(C)c1ccc(-c2cc(N3CCCC3CO)n3nccc3n2)cc1. The predicted octanol–water partition coefficient (Wildman–Crippen LogP) is 3.48. The third-order valence-corrected chi connectivity index (χ3v) is 5.10. The van der Waals surface area contributed by atoms with Crippen molar-refractivity contribution in [2.75, 3.05) is 18.1 Å². The minimum atomic E-state index is 0.158. The summed E-state index contributed by atoms with van der Waals surface area (Å²) in [5, 5.41) is 14.1. The van der Waals surface area contributed by atoms with Crippen LogP contribution in [0.5, 0.6) is 0 Å². The van der Waals surface area contributed by atoms with Crippen molar-refractivity contribution in [2.45, 2.75) is 38.6 Å². The summed E-state index contributed by atoms with van der Waals surface area (Å²) in [6, 6.07) is 12.8. The molecule has 130 valence electrons. The van der Waals surface area contributed by atoms with E-state index in [0.717, 1.165) is 42.1 Å². The first-order valence-corrected chi connectivity index (χ1v) is 9.00. The zero-order valence-corrected chi connectivity index (χ0v) is 14.8. The molecule has 0 amide bonds. The zero-order valence-electron chi connectivity index (χ0n) is 14.8. The van der Waals surface area contributed by atoms with Crippen LogP contribution in [0.4, 0.5) is 5.82 Å². The van der Waals surface area contributed by atoms with E-state index >= 15 is 0 Å². The number of rotatable bonds is 4. The molecule has 5 heteroatoms. The Kier molecular flexibility index (Phi) is 4.17. The molecule has 2 aromatic heterocycles. The lowest BCUT2D eigenvalue weighted by molar-refractivity contribution is 0.266.